The number of aliphatic hydroxyl groups excluding tert-OH is 1. The van der Waals surface area contributed by atoms with Crippen molar-refractivity contribution in [2.45, 2.75) is 124 Å². The molecule has 5 fully saturated rings. The fraction of sp³-hybridized carbons (Fsp3) is 0.933. The molecule has 0 radical (unpaired) electrons. The van der Waals surface area contributed by atoms with Crippen molar-refractivity contribution in [2.24, 2.45) is 50.7 Å². The van der Waals surface area contributed by atoms with Gasteiger partial charge in [-0.3, -0.25) is 0 Å². The van der Waals surface area contributed by atoms with E-state index in [9.17, 15) is 10.2 Å². The zero-order valence-corrected chi connectivity index (χ0v) is 22.0. The van der Waals surface area contributed by atoms with Crippen LogP contribution in [0.2, 0.25) is 0 Å². The fourth-order valence-corrected chi connectivity index (χ4v) is 11.0. The Labute approximate surface area is 197 Å². The van der Waals surface area contributed by atoms with Gasteiger partial charge in [0.15, 0.2) is 0 Å². The van der Waals surface area contributed by atoms with Crippen LogP contribution < -0.4 is 0 Å². The molecular formula is C30H50O2. The molecule has 0 heterocycles. The minimum atomic E-state index is -0.703. The summed E-state index contributed by atoms with van der Waals surface area (Å²) in [7, 11) is 0. The van der Waals surface area contributed by atoms with Crippen molar-refractivity contribution in [1.29, 1.82) is 0 Å². The van der Waals surface area contributed by atoms with Gasteiger partial charge in [-0.2, -0.15) is 0 Å². The Morgan fingerprint density at radius 2 is 1.53 bits per heavy atom. The number of rotatable bonds is 4. The molecule has 5 rings (SSSR count). The van der Waals surface area contributed by atoms with Crippen LogP contribution in [0.3, 0.4) is 0 Å². The third-order valence-corrected chi connectivity index (χ3v) is 12.9. The van der Waals surface area contributed by atoms with Gasteiger partial charge in [0.05, 0.1) is 11.7 Å². The molecule has 0 saturated heterocycles. The lowest BCUT2D eigenvalue weighted by Gasteiger charge is -2.63. The third-order valence-electron chi connectivity index (χ3n) is 12.9. The predicted octanol–water partition coefficient (Wildman–Crippen LogP) is 7.14. The number of hydrogen-bond donors (Lipinski definition) is 2. The van der Waals surface area contributed by atoms with Gasteiger partial charge < -0.3 is 10.2 Å². The highest BCUT2D eigenvalue weighted by molar-refractivity contribution is 5.30. The first-order valence-corrected chi connectivity index (χ1v) is 13.8. The smallest absolute Gasteiger partial charge is 0.0771 e. The van der Waals surface area contributed by atoms with Crippen LogP contribution in [0.15, 0.2) is 12.2 Å². The summed E-state index contributed by atoms with van der Waals surface area (Å²) < 4.78 is 0. The molecule has 0 aromatic rings. The van der Waals surface area contributed by atoms with Crippen LogP contribution in [-0.4, -0.2) is 21.9 Å². The maximum absolute atomic E-state index is 10.8. The lowest BCUT2D eigenvalue weighted by molar-refractivity contribution is -0.161. The first-order chi connectivity index (χ1) is 14.7. The highest BCUT2D eigenvalue weighted by Crippen LogP contribution is 2.89. The molecule has 32 heavy (non-hydrogen) atoms. The molecule has 182 valence electrons. The van der Waals surface area contributed by atoms with Gasteiger partial charge in [0.25, 0.3) is 0 Å². The molecule has 9 atom stereocenters. The van der Waals surface area contributed by atoms with E-state index in [0.717, 1.165) is 30.6 Å². The van der Waals surface area contributed by atoms with E-state index in [1.54, 1.807) is 0 Å². The monoisotopic (exact) mass is 442 g/mol. The Balaban J connectivity index is 1.40. The minimum Gasteiger partial charge on any atom is -0.393 e. The highest BCUT2D eigenvalue weighted by Gasteiger charge is 2.82. The molecule has 0 aromatic heterocycles. The Morgan fingerprint density at radius 3 is 2.22 bits per heavy atom. The van der Waals surface area contributed by atoms with Crippen molar-refractivity contribution in [2.75, 3.05) is 0 Å². The zero-order valence-electron chi connectivity index (χ0n) is 22.0. The summed E-state index contributed by atoms with van der Waals surface area (Å²) in [5.74, 6) is 3.10. The van der Waals surface area contributed by atoms with Gasteiger partial charge in [0.1, 0.15) is 0 Å². The molecule has 0 aromatic carbocycles. The minimum absolute atomic E-state index is 0.0912. The number of aliphatic hydroxyl groups is 2. The van der Waals surface area contributed by atoms with Gasteiger partial charge in [-0.15, -0.1) is 0 Å². The van der Waals surface area contributed by atoms with Crippen LogP contribution in [0.1, 0.15) is 113 Å². The average molecular weight is 443 g/mol. The van der Waals surface area contributed by atoms with Gasteiger partial charge in [-0.1, -0.05) is 46.8 Å². The summed E-state index contributed by atoms with van der Waals surface area (Å²) in [4.78, 5) is 0. The summed E-state index contributed by atoms with van der Waals surface area (Å²) in [6.07, 6.45) is 17.4. The second kappa shape index (κ2) is 6.87. The van der Waals surface area contributed by atoms with Gasteiger partial charge in [0.2, 0.25) is 0 Å². The van der Waals surface area contributed by atoms with Crippen LogP contribution >= 0.6 is 0 Å². The maximum atomic E-state index is 10.8. The van der Waals surface area contributed by atoms with E-state index in [1.165, 1.54) is 51.4 Å². The number of allylic oxidation sites excluding steroid dienone is 1. The molecule has 5 aliphatic carbocycles. The van der Waals surface area contributed by atoms with Gasteiger partial charge >= 0.3 is 0 Å². The normalized spacial score (nSPS) is 52.7. The molecule has 0 bridgehead atoms. The molecule has 5 aliphatic rings. The fourth-order valence-electron chi connectivity index (χ4n) is 11.0. The molecule has 0 amide bonds. The van der Waals surface area contributed by atoms with Gasteiger partial charge in [0, 0.05) is 0 Å². The zero-order chi connectivity index (χ0) is 23.4. The Bertz CT molecular complexity index is 791. The van der Waals surface area contributed by atoms with Crippen LogP contribution in [-0.2, 0) is 0 Å². The van der Waals surface area contributed by atoms with E-state index in [1.807, 2.05) is 19.9 Å². The Kier molecular flexibility index (Phi) is 5.02. The van der Waals surface area contributed by atoms with Crippen molar-refractivity contribution in [3.63, 3.8) is 0 Å². The van der Waals surface area contributed by atoms with E-state index in [0.29, 0.717) is 27.6 Å². The largest absolute Gasteiger partial charge is 0.393 e. The summed E-state index contributed by atoms with van der Waals surface area (Å²) in [6.45, 7) is 16.3. The molecule has 2 N–H and O–H groups in total. The second-order valence-corrected chi connectivity index (χ2v) is 14.8. The predicted molar refractivity (Wildman–Crippen MR) is 132 cm³/mol. The lowest BCUT2D eigenvalue weighted by Crippen LogP contribution is -2.57. The summed E-state index contributed by atoms with van der Waals surface area (Å²) >= 11 is 0. The average Bonchev–Trinajstić information content (AvgIpc) is 3.27. The molecule has 2 nitrogen and oxygen atoms in total. The maximum Gasteiger partial charge on any atom is 0.0771 e. The molecule has 2 spiro atoms. The van der Waals surface area contributed by atoms with Crippen molar-refractivity contribution >= 4 is 0 Å². The Morgan fingerprint density at radius 1 is 0.875 bits per heavy atom. The second-order valence-electron chi connectivity index (χ2n) is 14.8. The molecule has 2 heteroatoms. The van der Waals surface area contributed by atoms with Crippen LogP contribution in [0.25, 0.3) is 0 Å². The number of hydrogen-bond acceptors (Lipinski definition) is 2. The number of fused-ring (bicyclic) bond motifs is 2. The summed E-state index contributed by atoms with van der Waals surface area (Å²) in [5, 5.41) is 20.9. The first-order valence-electron chi connectivity index (χ1n) is 13.8. The van der Waals surface area contributed by atoms with Crippen LogP contribution in [0.4, 0.5) is 0 Å². The standard InChI is InChI=1S/C30H50O2/c1-20(9-8-14-25(2,3)32)21-12-15-28(7)23-11-10-22-26(4,5)24(31)13-16-29(22)19-30(23,29)18-17-27(21,28)6/h8,14,20-24,31-32H,9-13,15-19H2,1-7H3/b14-8-/t20-,21-,22+,23+,24+,27-,28+,29-,30+/m1/s1. The first kappa shape index (κ1) is 23.4. The summed E-state index contributed by atoms with van der Waals surface area (Å²) in [6, 6.07) is 0. The van der Waals surface area contributed by atoms with Crippen molar-refractivity contribution < 1.29 is 10.2 Å². The SMILES string of the molecule is C[C@H](C/C=C\C(C)(C)O)[C@H]1CC[C@@]2(C)[C@@H]3CC[C@H]4C(C)(C)[C@@H](O)CC[C@@]45C[C@@]35CC[C@]12C. The van der Waals surface area contributed by atoms with Crippen molar-refractivity contribution in [1.82, 2.24) is 0 Å². The van der Waals surface area contributed by atoms with E-state index in [2.05, 4.69) is 40.7 Å². The molecule has 0 aliphatic heterocycles. The molecular weight excluding hydrogens is 392 g/mol. The Hall–Kier alpha value is -0.340. The van der Waals surface area contributed by atoms with Gasteiger partial charge in [-0.25, -0.2) is 0 Å². The molecule has 5 saturated carbocycles. The topological polar surface area (TPSA) is 40.5 Å². The van der Waals surface area contributed by atoms with Crippen molar-refractivity contribution in [3.05, 3.63) is 12.2 Å². The van der Waals surface area contributed by atoms with E-state index in [4.69, 9.17) is 0 Å². The van der Waals surface area contributed by atoms with E-state index < -0.39 is 5.60 Å². The van der Waals surface area contributed by atoms with E-state index >= 15 is 0 Å². The lowest BCUT2D eigenvalue weighted by atomic mass is 9.42. The third kappa shape index (κ3) is 2.84. The summed E-state index contributed by atoms with van der Waals surface area (Å²) in [5.41, 5.74) is 1.44. The van der Waals surface area contributed by atoms with Crippen LogP contribution in [0, 0.1) is 50.7 Å². The van der Waals surface area contributed by atoms with Gasteiger partial charge in [-0.05, 0) is 129 Å². The van der Waals surface area contributed by atoms with Crippen LogP contribution in [0.5, 0.6) is 0 Å². The molecule has 0 unspecified atom stereocenters. The van der Waals surface area contributed by atoms with E-state index in [-0.39, 0.29) is 11.5 Å². The van der Waals surface area contributed by atoms with Crippen molar-refractivity contribution in [3.8, 4) is 0 Å². The quantitative estimate of drug-likeness (QED) is 0.454. The highest BCUT2D eigenvalue weighted by atomic mass is 16.3.